The molecule has 0 spiro atoms. The maximum Gasteiger partial charge on any atom is 0.253 e. The second-order valence-corrected chi connectivity index (χ2v) is 13.2. The van der Waals surface area contributed by atoms with Gasteiger partial charge in [0.2, 0.25) is 0 Å². The number of methoxy groups -OCH3 is 1. The van der Waals surface area contributed by atoms with E-state index in [-0.39, 0.29) is 18.0 Å². The van der Waals surface area contributed by atoms with Crippen LogP contribution >= 0.6 is 0 Å². The molecule has 1 saturated heterocycles. The van der Waals surface area contributed by atoms with Gasteiger partial charge in [-0.25, -0.2) is 0 Å². The monoisotopic (exact) mass is 648 g/mol. The molecule has 0 radical (unpaired) electrons. The molecule has 4 aromatic rings. The number of hydrogen-bond acceptors (Lipinski definition) is 6. The molecule has 6 rings (SSSR count). The quantitative estimate of drug-likeness (QED) is 0.161. The molecule has 0 bridgehead atoms. The molecule has 1 aromatic heterocycles. The van der Waals surface area contributed by atoms with E-state index in [2.05, 4.69) is 63.8 Å². The number of carbonyl (C=O) groups excluding carboxylic acids is 1. The third kappa shape index (κ3) is 7.35. The number of pyridine rings is 1. The van der Waals surface area contributed by atoms with Crippen molar-refractivity contribution in [2.24, 2.45) is 0 Å². The molecule has 2 heterocycles. The van der Waals surface area contributed by atoms with Gasteiger partial charge in [0.05, 0.1) is 7.11 Å². The van der Waals surface area contributed by atoms with E-state index in [0.29, 0.717) is 29.1 Å². The van der Waals surface area contributed by atoms with E-state index in [4.69, 9.17) is 9.47 Å². The van der Waals surface area contributed by atoms with Gasteiger partial charge in [0.1, 0.15) is 5.75 Å². The first-order valence-electron chi connectivity index (χ1n) is 17.2. The molecule has 0 unspecified atom stereocenters. The van der Waals surface area contributed by atoms with Crippen LogP contribution in [-0.2, 0) is 17.8 Å². The maximum atomic E-state index is 13.9. The smallest absolute Gasteiger partial charge is 0.253 e. The summed E-state index contributed by atoms with van der Waals surface area (Å²) in [4.78, 5) is 31.8. The number of amides is 1. The van der Waals surface area contributed by atoms with Crippen molar-refractivity contribution < 1.29 is 14.3 Å². The highest BCUT2D eigenvalue weighted by molar-refractivity contribution is 5.99. The number of para-hydroxylation sites is 1. The van der Waals surface area contributed by atoms with Crippen molar-refractivity contribution in [3.8, 4) is 16.9 Å². The number of aromatic nitrogens is 1. The second-order valence-electron chi connectivity index (χ2n) is 13.2. The molecule has 3 aromatic carbocycles. The third-order valence-electron chi connectivity index (χ3n) is 10.0. The summed E-state index contributed by atoms with van der Waals surface area (Å²) in [5.41, 5.74) is 9.29. The number of carbonyl (C=O) groups is 1. The summed E-state index contributed by atoms with van der Waals surface area (Å²) in [6, 6.07) is 23.9. The molecular weight excluding hydrogens is 600 g/mol. The number of aryl methyl sites for hydroxylation is 2. The van der Waals surface area contributed by atoms with E-state index >= 15 is 0 Å². The molecule has 48 heavy (non-hydrogen) atoms. The Morgan fingerprint density at radius 3 is 2.44 bits per heavy atom. The molecule has 8 nitrogen and oxygen atoms in total. The Morgan fingerprint density at radius 2 is 1.73 bits per heavy atom. The molecule has 1 aliphatic carbocycles. The molecule has 8 heteroatoms. The van der Waals surface area contributed by atoms with Gasteiger partial charge in [-0.1, -0.05) is 42.5 Å². The van der Waals surface area contributed by atoms with Crippen LogP contribution in [0, 0.1) is 20.8 Å². The Bertz CT molecular complexity index is 1810. The highest BCUT2D eigenvalue weighted by atomic mass is 16.5. The van der Waals surface area contributed by atoms with E-state index in [1.165, 1.54) is 11.1 Å². The first kappa shape index (κ1) is 33.5. The first-order valence-corrected chi connectivity index (χ1v) is 17.2. The van der Waals surface area contributed by atoms with Crippen molar-refractivity contribution in [2.75, 3.05) is 31.8 Å². The van der Waals surface area contributed by atoms with Crippen LogP contribution in [0.2, 0.25) is 0 Å². The van der Waals surface area contributed by atoms with Gasteiger partial charge in [0.15, 0.2) is 0 Å². The van der Waals surface area contributed by atoms with Crippen molar-refractivity contribution >= 4 is 11.6 Å². The van der Waals surface area contributed by atoms with Crippen molar-refractivity contribution in [2.45, 2.75) is 78.0 Å². The molecule has 252 valence electrons. The molecule has 2 fully saturated rings. The van der Waals surface area contributed by atoms with Crippen LogP contribution in [0.3, 0.4) is 0 Å². The standard InChI is InChI=1S/C40H48N4O4/c1-6-44(32-15-17-48-18-16-32)37-21-31(20-33(27(37)4)39(45)42-24-35-25(2)19-26(3)43-40(35)46)28-11-13-29(14-12-28)34-22-36(34)41-23-30-9-7-8-10-38(30)47-5/h7-14,19-21,32,34,36,41H,6,15-18,22-24H2,1-5H3,(H,42,45)(H,43,46)/t34-,36+/m0/s1. The third-order valence-corrected chi connectivity index (χ3v) is 10.0. The summed E-state index contributed by atoms with van der Waals surface area (Å²) in [5.74, 6) is 1.20. The van der Waals surface area contributed by atoms with Gasteiger partial charge in [0.25, 0.3) is 11.5 Å². The van der Waals surface area contributed by atoms with Crippen LogP contribution in [0.1, 0.15) is 76.0 Å². The number of nitrogens with zero attached hydrogens (tertiary/aromatic N) is 1. The van der Waals surface area contributed by atoms with Crippen LogP contribution in [0.4, 0.5) is 5.69 Å². The lowest BCUT2D eigenvalue weighted by atomic mass is 9.94. The van der Waals surface area contributed by atoms with Gasteiger partial charge in [0, 0.05) is 78.9 Å². The highest BCUT2D eigenvalue weighted by Gasteiger charge is 2.38. The number of ether oxygens (including phenoxy) is 2. The Kier molecular flexibility index (Phi) is 10.3. The molecule has 1 amide bonds. The summed E-state index contributed by atoms with van der Waals surface area (Å²) in [6.45, 7) is 11.2. The zero-order valence-electron chi connectivity index (χ0n) is 28.8. The number of benzene rings is 3. The van der Waals surface area contributed by atoms with Crippen LogP contribution < -0.4 is 25.8 Å². The molecule has 1 saturated carbocycles. The predicted octanol–water partition coefficient (Wildman–Crippen LogP) is 6.56. The molecule has 3 N–H and O–H groups in total. The van der Waals surface area contributed by atoms with Crippen molar-refractivity contribution in [3.05, 3.63) is 116 Å². The summed E-state index contributed by atoms with van der Waals surface area (Å²) < 4.78 is 11.2. The maximum absolute atomic E-state index is 13.9. The van der Waals surface area contributed by atoms with Gasteiger partial charge in [-0.2, -0.15) is 0 Å². The number of rotatable bonds is 12. The minimum atomic E-state index is -0.184. The lowest BCUT2D eigenvalue weighted by Crippen LogP contribution is -2.40. The topological polar surface area (TPSA) is 95.7 Å². The lowest BCUT2D eigenvalue weighted by molar-refractivity contribution is 0.0846. The van der Waals surface area contributed by atoms with Gasteiger partial charge in [-0.3, -0.25) is 9.59 Å². The summed E-state index contributed by atoms with van der Waals surface area (Å²) >= 11 is 0. The molecule has 1 aliphatic heterocycles. The SMILES string of the molecule is CCN(c1cc(-c2ccc([C@@H]3C[C@H]3NCc3ccccc3OC)cc2)cc(C(=O)NCc2c(C)cc(C)[nH]c2=O)c1C)C1CCOCC1. The number of nitrogens with one attached hydrogen (secondary N) is 3. The van der Waals surface area contributed by atoms with Crippen molar-refractivity contribution in [1.82, 2.24) is 15.6 Å². The number of H-pyrrole nitrogens is 1. The Morgan fingerprint density at radius 1 is 0.979 bits per heavy atom. The zero-order valence-corrected chi connectivity index (χ0v) is 28.8. The normalized spacial score (nSPS) is 17.6. The zero-order chi connectivity index (χ0) is 33.8. The summed E-state index contributed by atoms with van der Waals surface area (Å²) in [5, 5.41) is 6.75. The molecule has 2 atom stereocenters. The predicted molar refractivity (Wildman–Crippen MR) is 192 cm³/mol. The van der Waals surface area contributed by atoms with Crippen LogP contribution in [0.25, 0.3) is 11.1 Å². The first-order chi connectivity index (χ1) is 23.3. The van der Waals surface area contributed by atoms with E-state index < -0.39 is 0 Å². The average Bonchev–Trinajstić information content (AvgIpc) is 3.88. The summed E-state index contributed by atoms with van der Waals surface area (Å²) in [6.07, 6.45) is 3.01. The van der Waals surface area contributed by atoms with Gasteiger partial charge in [-0.15, -0.1) is 0 Å². The average molecular weight is 649 g/mol. The summed E-state index contributed by atoms with van der Waals surface area (Å²) in [7, 11) is 1.71. The Hall–Kier alpha value is -4.40. The van der Waals surface area contributed by atoms with Gasteiger partial charge < -0.3 is 30.0 Å². The number of aromatic amines is 1. The fourth-order valence-corrected chi connectivity index (χ4v) is 7.19. The number of hydrogen-bond donors (Lipinski definition) is 3. The minimum absolute atomic E-state index is 0.163. The van der Waals surface area contributed by atoms with Crippen LogP contribution in [0.5, 0.6) is 5.75 Å². The van der Waals surface area contributed by atoms with Crippen LogP contribution in [-0.4, -0.2) is 49.8 Å². The van der Waals surface area contributed by atoms with E-state index in [1.54, 1.807) is 7.11 Å². The van der Waals surface area contributed by atoms with E-state index in [0.717, 1.165) is 85.0 Å². The second kappa shape index (κ2) is 14.8. The molecular formula is C40H48N4O4. The van der Waals surface area contributed by atoms with Gasteiger partial charge in [-0.05, 0) is 99.0 Å². The fraction of sp³-hybridized carbons (Fsp3) is 0.400. The number of anilines is 1. The van der Waals surface area contributed by atoms with Crippen LogP contribution in [0.15, 0.2) is 71.5 Å². The lowest BCUT2D eigenvalue weighted by Gasteiger charge is -2.37. The minimum Gasteiger partial charge on any atom is -0.496 e. The Balaban J connectivity index is 1.24. The highest BCUT2D eigenvalue weighted by Crippen LogP contribution is 2.42. The Labute approximate surface area is 283 Å². The largest absolute Gasteiger partial charge is 0.496 e. The molecule has 2 aliphatic rings. The van der Waals surface area contributed by atoms with Gasteiger partial charge >= 0.3 is 0 Å². The van der Waals surface area contributed by atoms with E-state index in [9.17, 15) is 9.59 Å². The fourth-order valence-electron chi connectivity index (χ4n) is 7.19. The van der Waals surface area contributed by atoms with Crippen molar-refractivity contribution in [3.63, 3.8) is 0 Å². The van der Waals surface area contributed by atoms with Crippen molar-refractivity contribution in [1.29, 1.82) is 0 Å². The van der Waals surface area contributed by atoms with E-state index in [1.807, 2.05) is 51.1 Å².